The number of fused-ring (bicyclic) bond motifs is 2. The van der Waals surface area contributed by atoms with Crippen LogP contribution < -0.4 is 0 Å². The van der Waals surface area contributed by atoms with Crippen LogP contribution in [0.4, 0.5) is 0 Å². The van der Waals surface area contributed by atoms with E-state index >= 15 is 0 Å². The zero-order valence-electron chi connectivity index (χ0n) is 8.38. The average Bonchev–Trinajstić information content (AvgIpc) is 2.68. The Morgan fingerprint density at radius 3 is 2.92 bits per heavy atom. The lowest BCUT2D eigenvalue weighted by Crippen LogP contribution is -2.26. The topological polar surface area (TPSA) is 17.1 Å². The maximum atomic E-state index is 10.4. The summed E-state index contributed by atoms with van der Waals surface area (Å²) in [5.74, 6) is 1.60. The molecule has 0 unspecified atom stereocenters. The fourth-order valence-electron chi connectivity index (χ4n) is 3.33. The van der Waals surface area contributed by atoms with Gasteiger partial charge in [0.05, 0.1) is 0 Å². The summed E-state index contributed by atoms with van der Waals surface area (Å²) < 4.78 is 0. The Hall–Kier alpha value is -0.590. The van der Waals surface area contributed by atoms with E-state index in [1.165, 1.54) is 24.8 Å². The van der Waals surface area contributed by atoms with Gasteiger partial charge in [0, 0.05) is 6.42 Å². The summed E-state index contributed by atoms with van der Waals surface area (Å²) in [6.07, 6.45) is 6.83. The number of hydrogen-bond acceptors (Lipinski definition) is 1. The van der Waals surface area contributed by atoms with Crippen LogP contribution in [0.15, 0.2) is 12.2 Å². The van der Waals surface area contributed by atoms with E-state index in [1.54, 1.807) is 0 Å². The number of allylic oxidation sites excluding steroid dienone is 1. The Morgan fingerprint density at radius 1 is 1.62 bits per heavy atom. The maximum Gasteiger partial charge on any atom is 0.120 e. The van der Waals surface area contributed by atoms with Crippen LogP contribution in [0.2, 0.25) is 0 Å². The van der Waals surface area contributed by atoms with E-state index in [4.69, 9.17) is 0 Å². The van der Waals surface area contributed by atoms with Gasteiger partial charge in [0.2, 0.25) is 0 Å². The predicted molar refractivity (Wildman–Crippen MR) is 53.4 cm³/mol. The van der Waals surface area contributed by atoms with Crippen molar-refractivity contribution in [1.29, 1.82) is 0 Å². The molecule has 72 valence electrons. The molecule has 0 aromatic heterocycles. The van der Waals surface area contributed by atoms with Gasteiger partial charge in [-0.15, -0.1) is 0 Å². The second kappa shape index (κ2) is 2.97. The Kier molecular flexibility index (Phi) is 2.05. The molecular weight excluding hydrogens is 160 g/mol. The first-order valence-electron chi connectivity index (χ1n) is 5.31. The van der Waals surface area contributed by atoms with Gasteiger partial charge in [-0.05, 0) is 42.9 Å². The highest BCUT2D eigenvalue weighted by molar-refractivity contribution is 5.49. The summed E-state index contributed by atoms with van der Waals surface area (Å²) in [5.41, 5.74) is 1.73. The van der Waals surface area contributed by atoms with Gasteiger partial charge in [-0.25, -0.2) is 0 Å². The molecule has 0 aliphatic heterocycles. The van der Waals surface area contributed by atoms with E-state index in [0.29, 0.717) is 11.8 Å². The minimum atomic E-state index is 0.295. The summed E-state index contributed by atoms with van der Waals surface area (Å²) in [6, 6.07) is 0. The Balaban J connectivity index is 2.13. The van der Waals surface area contributed by atoms with E-state index in [0.717, 1.165) is 24.5 Å². The van der Waals surface area contributed by atoms with Crippen LogP contribution in [0, 0.1) is 17.3 Å². The van der Waals surface area contributed by atoms with Crippen molar-refractivity contribution in [2.45, 2.75) is 39.0 Å². The molecule has 2 rings (SSSR count). The minimum Gasteiger partial charge on any atom is -0.303 e. The highest BCUT2D eigenvalue weighted by Crippen LogP contribution is 2.60. The molecule has 0 spiro atoms. The fourth-order valence-corrected chi connectivity index (χ4v) is 3.33. The Bertz CT molecular complexity index is 244. The zero-order valence-corrected chi connectivity index (χ0v) is 8.38. The van der Waals surface area contributed by atoms with Gasteiger partial charge in [-0.3, -0.25) is 0 Å². The molecule has 2 bridgehead atoms. The second-order valence-corrected chi connectivity index (χ2v) is 4.85. The highest BCUT2D eigenvalue weighted by Gasteiger charge is 2.49. The van der Waals surface area contributed by atoms with Crippen molar-refractivity contribution >= 4 is 6.29 Å². The lowest BCUT2D eigenvalue weighted by molar-refractivity contribution is -0.108. The van der Waals surface area contributed by atoms with Crippen LogP contribution in [-0.4, -0.2) is 6.29 Å². The van der Waals surface area contributed by atoms with Crippen LogP contribution in [0.3, 0.4) is 0 Å². The zero-order chi connectivity index (χ0) is 9.47. The molecule has 2 saturated carbocycles. The van der Waals surface area contributed by atoms with Crippen molar-refractivity contribution in [3.8, 4) is 0 Å². The summed E-state index contributed by atoms with van der Waals surface area (Å²) in [4.78, 5) is 10.4. The first kappa shape index (κ1) is 8.98. The number of carbonyl (C=O) groups excluding carboxylic acids is 1. The predicted octanol–water partition coefficient (Wildman–Crippen LogP) is 2.96. The quantitative estimate of drug-likeness (QED) is 0.479. The van der Waals surface area contributed by atoms with Crippen molar-refractivity contribution < 1.29 is 4.79 Å². The molecule has 0 aromatic rings. The van der Waals surface area contributed by atoms with Gasteiger partial charge in [-0.1, -0.05) is 19.1 Å². The molecule has 13 heavy (non-hydrogen) atoms. The smallest absolute Gasteiger partial charge is 0.120 e. The molecule has 0 saturated heterocycles. The summed E-state index contributed by atoms with van der Waals surface area (Å²) in [6.45, 7) is 6.54. The monoisotopic (exact) mass is 178 g/mol. The molecule has 1 heteroatoms. The third-order valence-corrected chi connectivity index (χ3v) is 4.34. The van der Waals surface area contributed by atoms with Crippen LogP contribution in [0.5, 0.6) is 0 Å². The minimum absolute atomic E-state index is 0.295. The molecule has 1 nitrogen and oxygen atoms in total. The number of rotatable bonds is 3. The van der Waals surface area contributed by atoms with Crippen molar-refractivity contribution in [1.82, 2.24) is 0 Å². The van der Waals surface area contributed by atoms with E-state index in [9.17, 15) is 4.79 Å². The molecule has 0 N–H and O–H groups in total. The molecular formula is C12H18O. The van der Waals surface area contributed by atoms with Gasteiger partial charge >= 0.3 is 0 Å². The van der Waals surface area contributed by atoms with Crippen molar-refractivity contribution in [2.24, 2.45) is 17.3 Å². The molecule has 0 aromatic carbocycles. The summed E-state index contributed by atoms with van der Waals surface area (Å²) >= 11 is 0. The maximum absolute atomic E-state index is 10.4. The fraction of sp³-hybridized carbons (Fsp3) is 0.750. The lowest BCUT2D eigenvalue weighted by atomic mass is 9.69. The van der Waals surface area contributed by atoms with Crippen molar-refractivity contribution in [3.05, 3.63) is 12.2 Å². The molecule has 2 aliphatic rings. The first-order chi connectivity index (χ1) is 6.18. The highest BCUT2D eigenvalue weighted by atomic mass is 16.1. The van der Waals surface area contributed by atoms with E-state index in [-0.39, 0.29) is 0 Å². The van der Waals surface area contributed by atoms with E-state index < -0.39 is 0 Å². The molecule has 0 radical (unpaired) electrons. The average molecular weight is 178 g/mol. The Morgan fingerprint density at radius 2 is 2.38 bits per heavy atom. The van der Waals surface area contributed by atoms with E-state index in [2.05, 4.69) is 13.5 Å². The van der Waals surface area contributed by atoms with Crippen LogP contribution in [0.1, 0.15) is 39.0 Å². The second-order valence-electron chi connectivity index (χ2n) is 4.85. The molecule has 2 aliphatic carbocycles. The normalized spacial score (nSPS) is 42.7. The first-order valence-corrected chi connectivity index (χ1v) is 5.31. The van der Waals surface area contributed by atoms with Crippen LogP contribution in [-0.2, 0) is 4.79 Å². The molecule has 3 atom stereocenters. The molecule has 0 amide bonds. The molecule has 2 fully saturated rings. The van der Waals surface area contributed by atoms with Gasteiger partial charge in [0.15, 0.2) is 0 Å². The van der Waals surface area contributed by atoms with E-state index in [1.807, 2.05) is 0 Å². The van der Waals surface area contributed by atoms with Crippen LogP contribution >= 0.6 is 0 Å². The van der Waals surface area contributed by atoms with Gasteiger partial charge in [0.1, 0.15) is 6.29 Å². The Labute approximate surface area is 80.2 Å². The third kappa shape index (κ3) is 1.17. The van der Waals surface area contributed by atoms with Crippen molar-refractivity contribution in [2.75, 3.05) is 0 Å². The molecule has 0 heterocycles. The van der Waals surface area contributed by atoms with Gasteiger partial charge in [0.25, 0.3) is 0 Å². The van der Waals surface area contributed by atoms with Crippen molar-refractivity contribution in [3.63, 3.8) is 0 Å². The summed E-state index contributed by atoms with van der Waals surface area (Å²) in [5, 5.41) is 0. The van der Waals surface area contributed by atoms with Gasteiger partial charge in [-0.2, -0.15) is 0 Å². The lowest BCUT2D eigenvalue weighted by Gasteiger charge is -2.35. The number of carbonyl (C=O) groups is 1. The number of hydrogen-bond donors (Lipinski definition) is 0. The SMILES string of the molecule is C=C1[C@H]2CC[C@H](C2)[C@@]1(C)CCC=O. The van der Waals surface area contributed by atoms with Gasteiger partial charge < -0.3 is 4.79 Å². The van der Waals surface area contributed by atoms with Crippen LogP contribution in [0.25, 0.3) is 0 Å². The largest absolute Gasteiger partial charge is 0.303 e. The summed E-state index contributed by atoms with van der Waals surface area (Å²) in [7, 11) is 0. The number of aldehydes is 1. The standard InChI is InChI=1S/C12H18O/c1-9-10-4-5-11(8-10)12(9,2)6-3-7-13/h7,10-11H,1,3-6,8H2,2H3/t10-,11+,12-/m0/s1. The third-order valence-electron chi connectivity index (χ3n) is 4.34.